The van der Waals surface area contributed by atoms with Gasteiger partial charge in [-0.15, -0.1) is 0 Å². The van der Waals surface area contributed by atoms with Crippen LogP contribution in [0.3, 0.4) is 0 Å². The molecule has 1 saturated carbocycles. The predicted molar refractivity (Wildman–Crippen MR) is 78.4 cm³/mol. The first-order valence-electron chi connectivity index (χ1n) is 7.36. The summed E-state index contributed by atoms with van der Waals surface area (Å²) < 4.78 is 41.4. The number of carbonyl (C=O) groups is 1. The number of carbonyl (C=O) groups excluding carboxylic acids is 1. The molecule has 1 aliphatic carbocycles. The number of aliphatic hydroxyl groups excluding tert-OH is 1. The van der Waals surface area contributed by atoms with E-state index < -0.39 is 18.8 Å². The third-order valence-electron chi connectivity index (χ3n) is 3.74. The number of alkyl halides is 3. The lowest BCUT2D eigenvalue weighted by molar-refractivity contribution is -0.153. The Bertz CT molecular complexity index is 537. The van der Waals surface area contributed by atoms with Gasteiger partial charge < -0.3 is 20.5 Å². The van der Waals surface area contributed by atoms with Gasteiger partial charge in [-0.2, -0.15) is 13.2 Å². The average Bonchev–Trinajstić information content (AvgIpc) is 2.92. The van der Waals surface area contributed by atoms with Crippen LogP contribution in [0.4, 0.5) is 23.7 Å². The topological polar surface area (TPSA) is 70.6 Å². The number of rotatable bonds is 5. The van der Waals surface area contributed by atoms with Crippen LogP contribution in [0.5, 0.6) is 5.75 Å². The van der Waals surface area contributed by atoms with Crippen molar-refractivity contribution >= 4 is 11.7 Å². The van der Waals surface area contributed by atoms with Crippen molar-refractivity contribution in [3.05, 3.63) is 24.3 Å². The molecule has 23 heavy (non-hydrogen) atoms. The van der Waals surface area contributed by atoms with E-state index in [1.165, 1.54) is 18.2 Å². The zero-order valence-corrected chi connectivity index (χ0v) is 12.4. The molecule has 0 bridgehead atoms. The first-order chi connectivity index (χ1) is 10.9. The number of amides is 2. The summed E-state index contributed by atoms with van der Waals surface area (Å²) >= 11 is 0. The van der Waals surface area contributed by atoms with Gasteiger partial charge in [-0.3, -0.25) is 0 Å². The van der Waals surface area contributed by atoms with Crippen LogP contribution in [0.15, 0.2) is 24.3 Å². The van der Waals surface area contributed by atoms with E-state index in [0.29, 0.717) is 0 Å². The van der Waals surface area contributed by atoms with Gasteiger partial charge in [-0.25, -0.2) is 4.79 Å². The van der Waals surface area contributed by atoms with E-state index >= 15 is 0 Å². The number of nitrogens with one attached hydrogen (secondary N) is 2. The molecule has 1 aromatic rings. The third kappa shape index (κ3) is 5.31. The van der Waals surface area contributed by atoms with E-state index in [0.717, 1.165) is 19.3 Å². The van der Waals surface area contributed by atoms with Crippen LogP contribution in [0, 0.1) is 5.92 Å². The molecule has 8 heteroatoms. The summed E-state index contributed by atoms with van der Waals surface area (Å²) in [6.07, 6.45) is -1.92. The molecule has 0 saturated heterocycles. The lowest BCUT2D eigenvalue weighted by Crippen LogP contribution is -2.41. The maximum absolute atomic E-state index is 12.2. The molecule has 0 heterocycles. The molecule has 2 rings (SSSR count). The van der Waals surface area contributed by atoms with Crippen LogP contribution in [0.25, 0.3) is 0 Å². The molecule has 0 radical (unpaired) electrons. The molecule has 5 nitrogen and oxygen atoms in total. The highest BCUT2D eigenvalue weighted by atomic mass is 19.4. The summed E-state index contributed by atoms with van der Waals surface area (Å²) in [7, 11) is 0. The van der Waals surface area contributed by atoms with Crippen molar-refractivity contribution in [3.8, 4) is 5.75 Å². The van der Waals surface area contributed by atoms with Crippen LogP contribution in [0.1, 0.15) is 19.3 Å². The van der Waals surface area contributed by atoms with Crippen molar-refractivity contribution < 1.29 is 27.8 Å². The standard InChI is InChI=1S/C15H19F3N2O3/c16-15(17,18)9-23-13-7-2-1-5-12(13)20-14(22)19-11-6-3-4-10(11)8-21/h1-2,5,7,10-11,21H,3-4,6,8-9H2,(H2,19,20,22)/t10-,11+/m0/s1. The molecule has 0 aromatic heterocycles. The Morgan fingerprint density at radius 3 is 2.74 bits per heavy atom. The van der Waals surface area contributed by atoms with Gasteiger partial charge in [-0.05, 0) is 25.0 Å². The Morgan fingerprint density at radius 1 is 1.30 bits per heavy atom. The predicted octanol–water partition coefficient (Wildman–Crippen LogP) is 2.91. The van der Waals surface area contributed by atoms with Gasteiger partial charge in [0.05, 0.1) is 5.69 Å². The molecule has 0 aliphatic heterocycles. The van der Waals surface area contributed by atoms with Crippen molar-refractivity contribution in [2.75, 3.05) is 18.5 Å². The molecular formula is C15H19F3N2O3. The minimum atomic E-state index is -4.45. The van der Waals surface area contributed by atoms with Crippen molar-refractivity contribution in [1.82, 2.24) is 5.32 Å². The number of anilines is 1. The molecule has 128 valence electrons. The minimum Gasteiger partial charge on any atom is -0.482 e. The molecule has 3 N–H and O–H groups in total. The fourth-order valence-corrected chi connectivity index (χ4v) is 2.63. The normalized spacial score (nSPS) is 21.0. The van der Waals surface area contributed by atoms with E-state index in [4.69, 9.17) is 4.74 Å². The maximum atomic E-state index is 12.2. The fraction of sp³-hybridized carbons (Fsp3) is 0.533. The van der Waals surface area contributed by atoms with Gasteiger partial charge in [-0.1, -0.05) is 18.6 Å². The highest BCUT2D eigenvalue weighted by Gasteiger charge is 2.30. The number of hydrogen-bond acceptors (Lipinski definition) is 3. The second-order valence-electron chi connectivity index (χ2n) is 5.48. The van der Waals surface area contributed by atoms with Crippen molar-refractivity contribution in [2.24, 2.45) is 5.92 Å². The Hall–Kier alpha value is -1.96. The van der Waals surface area contributed by atoms with E-state index in [1.54, 1.807) is 6.07 Å². The van der Waals surface area contributed by atoms with Gasteiger partial charge in [0.1, 0.15) is 5.75 Å². The number of aliphatic hydroxyl groups is 1. The molecular weight excluding hydrogens is 313 g/mol. The maximum Gasteiger partial charge on any atom is 0.422 e. The van der Waals surface area contributed by atoms with Gasteiger partial charge in [0.2, 0.25) is 0 Å². The zero-order valence-electron chi connectivity index (χ0n) is 12.4. The Morgan fingerprint density at radius 2 is 2.04 bits per heavy atom. The van der Waals surface area contributed by atoms with E-state index in [-0.39, 0.29) is 30.0 Å². The van der Waals surface area contributed by atoms with E-state index in [1.807, 2.05) is 0 Å². The van der Waals surface area contributed by atoms with Crippen molar-refractivity contribution in [1.29, 1.82) is 0 Å². The summed E-state index contributed by atoms with van der Waals surface area (Å²) in [6, 6.07) is 5.26. The zero-order chi connectivity index (χ0) is 16.9. The first kappa shape index (κ1) is 17.4. The lowest BCUT2D eigenvalue weighted by atomic mass is 10.1. The molecule has 2 amide bonds. The monoisotopic (exact) mass is 332 g/mol. The molecule has 1 aliphatic rings. The molecule has 1 fully saturated rings. The SMILES string of the molecule is O=C(Nc1ccccc1OCC(F)(F)F)N[C@@H]1CCC[C@H]1CO. The second-order valence-corrected chi connectivity index (χ2v) is 5.48. The number of para-hydroxylation sites is 2. The summed E-state index contributed by atoms with van der Waals surface area (Å²) in [5.74, 6) is -0.0393. The summed E-state index contributed by atoms with van der Waals surface area (Å²) in [5, 5.41) is 14.5. The number of halogens is 3. The van der Waals surface area contributed by atoms with Gasteiger partial charge in [0.15, 0.2) is 6.61 Å². The summed E-state index contributed by atoms with van der Waals surface area (Å²) in [4.78, 5) is 12.0. The third-order valence-corrected chi connectivity index (χ3v) is 3.74. The number of urea groups is 1. The fourth-order valence-electron chi connectivity index (χ4n) is 2.63. The van der Waals surface area contributed by atoms with Crippen molar-refractivity contribution in [2.45, 2.75) is 31.5 Å². The number of hydrogen-bond donors (Lipinski definition) is 3. The number of benzene rings is 1. The van der Waals surface area contributed by atoms with E-state index in [2.05, 4.69) is 10.6 Å². The summed E-state index contributed by atoms with van der Waals surface area (Å²) in [5.41, 5.74) is 0.160. The molecule has 2 atom stereocenters. The highest BCUT2D eigenvalue weighted by Crippen LogP contribution is 2.27. The van der Waals surface area contributed by atoms with Crippen LogP contribution in [-0.2, 0) is 0 Å². The van der Waals surface area contributed by atoms with Crippen molar-refractivity contribution in [3.63, 3.8) is 0 Å². The quantitative estimate of drug-likeness (QED) is 0.776. The summed E-state index contributed by atoms with van der Waals surface area (Å²) in [6.45, 7) is -1.43. The Balaban J connectivity index is 1.95. The van der Waals surface area contributed by atoms with Crippen LogP contribution < -0.4 is 15.4 Å². The largest absolute Gasteiger partial charge is 0.482 e. The van der Waals surface area contributed by atoms with Crippen LogP contribution in [0.2, 0.25) is 0 Å². The first-order valence-corrected chi connectivity index (χ1v) is 7.36. The average molecular weight is 332 g/mol. The van der Waals surface area contributed by atoms with Crippen LogP contribution in [-0.4, -0.2) is 36.6 Å². The Kier molecular flexibility index (Phi) is 5.70. The molecule has 0 unspecified atom stereocenters. The van der Waals surface area contributed by atoms with Gasteiger partial charge in [0, 0.05) is 18.6 Å². The van der Waals surface area contributed by atoms with Gasteiger partial charge >= 0.3 is 12.2 Å². The Labute approximate surface area is 131 Å². The number of ether oxygens (including phenoxy) is 1. The molecule has 1 aromatic carbocycles. The smallest absolute Gasteiger partial charge is 0.422 e. The van der Waals surface area contributed by atoms with Gasteiger partial charge in [0.25, 0.3) is 0 Å². The molecule has 0 spiro atoms. The lowest BCUT2D eigenvalue weighted by Gasteiger charge is -2.20. The second kappa shape index (κ2) is 7.54. The van der Waals surface area contributed by atoms with E-state index in [9.17, 15) is 23.1 Å². The van der Waals surface area contributed by atoms with Crippen LogP contribution >= 0.6 is 0 Å². The highest BCUT2D eigenvalue weighted by molar-refractivity contribution is 5.91. The minimum absolute atomic E-state index is 0.00374.